The molecule has 39 heavy (non-hydrogen) atoms. The Morgan fingerprint density at radius 1 is 1.00 bits per heavy atom. The number of carbonyl (C=O) groups excluding carboxylic acids is 2. The predicted octanol–water partition coefficient (Wildman–Crippen LogP) is 5.35. The van der Waals surface area contributed by atoms with E-state index in [0.717, 1.165) is 28.9 Å². The number of esters is 1. The van der Waals surface area contributed by atoms with Crippen molar-refractivity contribution in [1.29, 1.82) is 0 Å². The average Bonchev–Trinajstić information content (AvgIpc) is 3.85. The molecule has 0 bridgehead atoms. The Morgan fingerprint density at radius 2 is 1.64 bits per heavy atom. The molecule has 2 saturated carbocycles. The van der Waals surface area contributed by atoms with E-state index in [1.54, 1.807) is 12.1 Å². The molecule has 3 fully saturated rings. The maximum absolute atomic E-state index is 13.8. The molecule has 5 rings (SSSR count). The summed E-state index contributed by atoms with van der Waals surface area (Å²) < 4.78 is 60.1. The maximum atomic E-state index is 13.8. The summed E-state index contributed by atoms with van der Waals surface area (Å²) >= 11 is 0. The Balaban J connectivity index is 1.38. The number of hydrogen-bond acceptors (Lipinski definition) is 4. The van der Waals surface area contributed by atoms with E-state index in [0.29, 0.717) is 45.3 Å². The molecule has 0 radical (unpaired) electrons. The molecule has 0 spiro atoms. The summed E-state index contributed by atoms with van der Waals surface area (Å²) in [5, 5.41) is 0. The van der Waals surface area contributed by atoms with Crippen LogP contribution in [0.5, 0.6) is 0 Å². The smallest absolute Gasteiger partial charge is 0.469 e. The van der Waals surface area contributed by atoms with E-state index < -0.39 is 29.0 Å². The van der Waals surface area contributed by atoms with Gasteiger partial charge in [0, 0.05) is 25.0 Å². The normalized spacial score (nSPS) is 23.6. The van der Waals surface area contributed by atoms with Gasteiger partial charge in [0.2, 0.25) is 0 Å². The third-order valence-electron chi connectivity index (χ3n) is 8.80. The highest BCUT2D eigenvalue weighted by Gasteiger charge is 2.55. The summed E-state index contributed by atoms with van der Waals surface area (Å²) in [6, 6.07) is 14.9. The second kappa shape index (κ2) is 10.6. The van der Waals surface area contributed by atoms with E-state index in [-0.39, 0.29) is 24.2 Å². The number of piperidine rings is 1. The zero-order chi connectivity index (χ0) is 27.8. The van der Waals surface area contributed by atoms with Gasteiger partial charge in [-0.25, -0.2) is 4.39 Å². The highest BCUT2D eigenvalue weighted by atomic mass is 19.4. The van der Waals surface area contributed by atoms with Gasteiger partial charge in [-0.15, -0.1) is 0 Å². The van der Waals surface area contributed by atoms with Crippen LogP contribution in [0.15, 0.2) is 54.6 Å². The lowest BCUT2D eigenvalue weighted by Crippen LogP contribution is -2.53. The third-order valence-corrected chi connectivity index (χ3v) is 8.80. The molecular formula is C30H34F4N2O3. The Labute approximate surface area is 226 Å². The molecule has 2 atom stereocenters. The topological polar surface area (TPSA) is 49.9 Å². The van der Waals surface area contributed by atoms with E-state index >= 15 is 0 Å². The first-order valence-electron chi connectivity index (χ1n) is 13.5. The lowest BCUT2D eigenvalue weighted by molar-refractivity contribution is -0.188. The van der Waals surface area contributed by atoms with Gasteiger partial charge in [-0.05, 0) is 80.3 Å². The van der Waals surface area contributed by atoms with E-state index in [1.165, 1.54) is 19.2 Å². The van der Waals surface area contributed by atoms with Crippen LogP contribution in [0, 0.1) is 16.6 Å². The van der Waals surface area contributed by atoms with Crippen LogP contribution in [0.2, 0.25) is 0 Å². The number of hydrogen-bond donors (Lipinski definition) is 0. The minimum atomic E-state index is -4.97. The summed E-state index contributed by atoms with van der Waals surface area (Å²) in [5.41, 5.74) is 0.664. The number of halogens is 4. The summed E-state index contributed by atoms with van der Waals surface area (Å²) in [7, 11) is 1.39. The van der Waals surface area contributed by atoms with Crippen molar-refractivity contribution in [2.45, 2.75) is 56.7 Å². The highest BCUT2D eigenvalue weighted by Crippen LogP contribution is 2.50. The minimum absolute atomic E-state index is 0.0211. The summed E-state index contributed by atoms with van der Waals surface area (Å²) in [6.45, 7) is 1.74. The van der Waals surface area contributed by atoms with Crippen molar-refractivity contribution < 1.29 is 31.9 Å². The number of alkyl halides is 3. The third kappa shape index (κ3) is 6.13. The first-order valence-corrected chi connectivity index (χ1v) is 13.5. The predicted molar refractivity (Wildman–Crippen MR) is 137 cm³/mol. The van der Waals surface area contributed by atoms with Crippen molar-refractivity contribution in [3.05, 3.63) is 71.5 Å². The van der Waals surface area contributed by atoms with Crippen LogP contribution < -0.4 is 0 Å². The van der Waals surface area contributed by atoms with Gasteiger partial charge in [-0.3, -0.25) is 9.59 Å². The van der Waals surface area contributed by atoms with E-state index in [4.69, 9.17) is 4.74 Å². The molecular weight excluding hydrogens is 512 g/mol. The summed E-state index contributed by atoms with van der Waals surface area (Å²) in [5.74, 6) is -2.52. The van der Waals surface area contributed by atoms with Crippen LogP contribution in [-0.2, 0) is 20.7 Å². The summed E-state index contributed by atoms with van der Waals surface area (Å²) in [6.07, 6.45) is -1.38. The summed E-state index contributed by atoms with van der Waals surface area (Å²) in [4.78, 5) is 28.3. The number of benzene rings is 2. The van der Waals surface area contributed by atoms with Gasteiger partial charge in [-0.2, -0.15) is 13.2 Å². The first kappa shape index (κ1) is 27.6. The van der Waals surface area contributed by atoms with Crippen LogP contribution in [0.3, 0.4) is 0 Å². The van der Waals surface area contributed by atoms with Crippen LogP contribution in [0.4, 0.5) is 17.6 Å². The average molecular weight is 547 g/mol. The Kier molecular flexibility index (Phi) is 7.48. The Bertz CT molecular complexity index is 1170. The molecule has 1 heterocycles. The van der Waals surface area contributed by atoms with Gasteiger partial charge in [0.1, 0.15) is 5.82 Å². The quantitative estimate of drug-likeness (QED) is 0.314. The lowest BCUT2D eigenvalue weighted by atomic mass is 9.73. The second-order valence-corrected chi connectivity index (χ2v) is 11.6. The van der Waals surface area contributed by atoms with Crippen molar-refractivity contribution in [1.82, 2.24) is 9.80 Å². The van der Waals surface area contributed by atoms with Crippen molar-refractivity contribution in [2.75, 3.05) is 33.3 Å². The Morgan fingerprint density at radius 3 is 2.21 bits per heavy atom. The molecule has 5 nitrogen and oxygen atoms in total. The fraction of sp³-hybridized carbons (Fsp3) is 0.533. The fourth-order valence-corrected chi connectivity index (χ4v) is 6.28. The van der Waals surface area contributed by atoms with Gasteiger partial charge in [0.05, 0.1) is 12.5 Å². The first-order chi connectivity index (χ1) is 18.5. The molecule has 1 saturated heterocycles. The van der Waals surface area contributed by atoms with Gasteiger partial charge < -0.3 is 14.5 Å². The molecule has 2 aromatic carbocycles. The van der Waals surface area contributed by atoms with E-state index in [1.807, 2.05) is 30.3 Å². The van der Waals surface area contributed by atoms with E-state index in [2.05, 4.69) is 4.90 Å². The highest BCUT2D eigenvalue weighted by molar-refractivity contribution is 5.83. The van der Waals surface area contributed by atoms with Crippen molar-refractivity contribution in [2.24, 2.45) is 10.8 Å². The molecule has 2 aromatic rings. The Hall–Kier alpha value is -2.94. The molecule has 1 aliphatic heterocycles. The largest absolute Gasteiger partial charge is 0.471 e. The van der Waals surface area contributed by atoms with Crippen molar-refractivity contribution in [3.8, 4) is 0 Å². The second-order valence-electron chi connectivity index (χ2n) is 11.6. The lowest BCUT2D eigenvalue weighted by Gasteiger charge is -2.45. The number of amides is 1. The molecule has 210 valence electrons. The van der Waals surface area contributed by atoms with Crippen LogP contribution >= 0.6 is 0 Å². The number of methoxy groups -OCH3 is 1. The molecule has 0 N–H and O–H groups in total. The monoisotopic (exact) mass is 546 g/mol. The number of rotatable bonds is 9. The van der Waals surface area contributed by atoms with Gasteiger partial charge in [0.15, 0.2) is 0 Å². The van der Waals surface area contributed by atoms with Crippen molar-refractivity contribution in [3.63, 3.8) is 0 Å². The van der Waals surface area contributed by atoms with Gasteiger partial charge in [0.25, 0.3) is 0 Å². The zero-order valence-electron chi connectivity index (χ0n) is 22.1. The standard InChI is InChI=1S/C30H34F4N2O3/c1-39-27(38)29(11-12-29)20-35-15-13-28(14-16-35,18-21-7-9-23(31)10-8-21)19-36(26(37)30(32,33)34)25-17-24(25)22-5-3-2-4-6-22/h2-10,24-25H,11-20H2,1H3. The van der Waals surface area contributed by atoms with E-state index in [9.17, 15) is 27.2 Å². The molecule has 1 amide bonds. The molecule has 9 heteroatoms. The number of likely N-dealkylation sites (tertiary alicyclic amines) is 1. The van der Waals surface area contributed by atoms with Crippen LogP contribution in [-0.4, -0.2) is 67.2 Å². The molecule has 3 aliphatic rings. The maximum Gasteiger partial charge on any atom is 0.471 e. The van der Waals surface area contributed by atoms with Crippen LogP contribution in [0.25, 0.3) is 0 Å². The fourth-order valence-electron chi connectivity index (χ4n) is 6.28. The number of carbonyl (C=O) groups is 2. The molecule has 2 unspecified atom stereocenters. The number of nitrogens with zero attached hydrogens (tertiary/aromatic N) is 2. The zero-order valence-corrected chi connectivity index (χ0v) is 22.1. The SMILES string of the molecule is COC(=O)C1(CN2CCC(Cc3ccc(F)cc3)(CN(C(=O)C(F)(F)F)C3CC3c3ccccc3)CC2)CC1. The minimum Gasteiger partial charge on any atom is -0.469 e. The molecule has 0 aromatic heterocycles. The van der Waals surface area contributed by atoms with Crippen molar-refractivity contribution >= 4 is 11.9 Å². The van der Waals surface area contributed by atoms with Gasteiger partial charge >= 0.3 is 18.1 Å². The molecule has 2 aliphatic carbocycles. The van der Waals surface area contributed by atoms with Crippen LogP contribution in [0.1, 0.15) is 49.1 Å². The van der Waals surface area contributed by atoms with Gasteiger partial charge in [-0.1, -0.05) is 42.5 Å². The number of ether oxygens (including phenoxy) is 1.